The number of nitrogens with zero attached hydrogens (tertiary/aromatic N) is 1. The van der Waals surface area contributed by atoms with Gasteiger partial charge in [-0.05, 0) is 48.7 Å². The van der Waals surface area contributed by atoms with Crippen LogP contribution in [-0.2, 0) is 6.42 Å². The quantitative estimate of drug-likeness (QED) is 0.865. The van der Waals surface area contributed by atoms with Crippen LogP contribution in [-0.4, -0.2) is 22.8 Å². The summed E-state index contributed by atoms with van der Waals surface area (Å²) in [5.74, 6) is 0.858. The standard InChI is InChI=1S/C16H19NO2/c1-13-3-2-4-16(11-13)19-10-7-15(18)12-14-5-8-17-9-6-14/h2-6,8-9,11,15,18H,7,10,12H2,1H3. The minimum absolute atomic E-state index is 0.382. The lowest BCUT2D eigenvalue weighted by atomic mass is 10.1. The van der Waals surface area contributed by atoms with Crippen LogP contribution in [0, 0.1) is 6.92 Å². The number of benzene rings is 1. The summed E-state index contributed by atoms with van der Waals surface area (Å²) in [5, 5.41) is 9.93. The fourth-order valence-electron chi connectivity index (χ4n) is 1.91. The van der Waals surface area contributed by atoms with Gasteiger partial charge in [0.1, 0.15) is 5.75 Å². The molecular weight excluding hydrogens is 238 g/mol. The number of pyridine rings is 1. The summed E-state index contributed by atoms with van der Waals surface area (Å²) in [6.07, 6.45) is 4.36. The van der Waals surface area contributed by atoms with Crippen molar-refractivity contribution in [2.45, 2.75) is 25.9 Å². The number of aromatic nitrogens is 1. The first-order chi connectivity index (χ1) is 9.24. The van der Waals surface area contributed by atoms with Crippen molar-refractivity contribution in [2.24, 2.45) is 0 Å². The van der Waals surface area contributed by atoms with Crippen molar-refractivity contribution >= 4 is 0 Å². The van der Waals surface area contributed by atoms with Gasteiger partial charge in [0.15, 0.2) is 0 Å². The summed E-state index contributed by atoms with van der Waals surface area (Å²) >= 11 is 0. The van der Waals surface area contributed by atoms with E-state index >= 15 is 0 Å². The molecule has 0 aliphatic carbocycles. The van der Waals surface area contributed by atoms with Gasteiger partial charge in [0.25, 0.3) is 0 Å². The lowest BCUT2D eigenvalue weighted by molar-refractivity contribution is 0.139. The van der Waals surface area contributed by atoms with Crippen LogP contribution in [0.4, 0.5) is 0 Å². The van der Waals surface area contributed by atoms with Crippen molar-refractivity contribution in [1.29, 1.82) is 0 Å². The summed E-state index contributed by atoms with van der Waals surface area (Å²) in [5.41, 5.74) is 2.27. The highest BCUT2D eigenvalue weighted by atomic mass is 16.5. The van der Waals surface area contributed by atoms with E-state index < -0.39 is 0 Å². The van der Waals surface area contributed by atoms with Crippen LogP contribution in [0.2, 0.25) is 0 Å². The average Bonchev–Trinajstić information content (AvgIpc) is 2.40. The number of aliphatic hydroxyl groups is 1. The van der Waals surface area contributed by atoms with Crippen LogP contribution >= 0.6 is 0 Å². The van der Waals surface area contributed by atoms with E-state index in [9.17, 15) is 5.11 Å². The predicted molar refractivity (Wildman–Crippen MR) is 75.2 cm³/mol. The molecule has 3 nitrogen and oxygen atoms in total. The Morgan fingerprint density at radius 2 is 2.00 bits per heavy atom. The first-order valence-electron chi connectivity index (χ1n) is 6.50. The summed E-state index contributed by atoms with van der Waals surface area (Å²) in [6.45, 7) is 2.56. The molecule has 1 atom stereocenters. The molecule has 1 heterocycles. The topological polar surface area (TPSA) is 42.4 Å². The van der Waals surface area contributed by atoms with Crippen LogP contribution in [0.3, 0.4) is 0 Å². The van der Waals surface area contributed by atoms with Crippen LogP contribution < -0.4 is 4.74 Å². The largest absolute Gasteiger partial charge is 0.493 e. The highest BCUT2D eigenvalue weighted by Gasteiger charge is 2.06. The molecule has 3 heteroatoms. The fourth-order valence-corrected chi connectivity index (χ4v) is 1.91. The van der Waals surface area contributed by atoms with E-state index in [0.717, 1.165) is 11.3 Å². The monoisotopic (exact) mass is 257 g/mol. The smallest absolute Gasteiger partial charge is 0.119 e. The molecule has 2 rings (SSSR count). The van der Waals surface area contributed by atoms with Crippen molar-refractivity contribution in [2.75, 3.05) is 6.61 Å². The third kappa shape index (κ3) is 4.72. The minimum Gasteiger partial charge on any atom is -0.493 e. The third-order valence-electron chi connectivity index (χ3n) is 2.93. The molecule has 1 aromatic heterocycles. The molecule has 19 heavy (non-hydrogen) atoms. The Labute approximate surface area is 113 Å². The molecule has 0 aliphatic rings. The van der Waals surface area contributed by atoms with Crippen LogP contribution in [0.25, 0.3) is 0 Å². The first kappa shape index (κ1) is 13.6. The normalized spacial score (nSPS) is 12.1. The number of aliphatic hydroxyl groups excluding tert-OH is 1. The predicted octanol–water partition coefficient (Wildman–Crippen LogP) is 2.76. The van der Waals surface area contributed by atoms with E-state index in [1.165, 1.54) is 5.56 Å². The van der Waals surface area contributed by atoms with Gasteiger partial charge in [-0.1, -0.05) is 12.1 Å². The molecule has 2 aromatic rings. The molecular formula is C16H19NO2. The molecule has 100 valence electrons. The zero-order chi connectivity index (χ0) is 13.5. The summed E-state index contributed by atoms with van der Waals surface area (Å²) < 4.78 is 5.62. The van der Waals surface area contributed by atoms with Gasteiger partial charge < -0.3 is 9.84 Å². The Morgan fingerprint density at radius 1 is 1.21 bits per heavy atom. The molecule has 0 bridgehead atoms. The second kappa shape index (κ2) is 6.90. The van der Waals surface area contributed by atoms with Crippen molar-refractivity contribution in [3.8, 4) is 5.75 Å². The zero-order valence-corrected chi connectivity index (χ0v) is 11.1. The van der Waals surface area contributed by atoms with E-state index in [-0.39, 0.29) is 6.10 Å². The minimum atomic E-state index is -0.382. The van der Waals surface area contributed by atoms with Crippen molar-refractivity contribution in [3.63, 3.8) is 0 Å². The maximum atomic E-state index is 9.93. The lowest BCUT2D eigenvalue weighted by Crippen LogP contribution is -2.14. The molecule has 1 N–H and O–H groups in total. The van der Waals surface area contributed by atoms with E-state index in [4.69, 9.17) is 4.74 Å². The molecule has 1 unspecified atom stereocenters. The van der Waals surface area contributed by atoms with Crippen molar-refractivity contribution < 1.29 is 9.84 Å². The SMILES string of the molecule is Cc1cccc(OCCC(O)Cc2ccncc2)c1. The maximum absolute atomic E-state index is 9.93. The molecule has 0 saturated carbocycles. The van der Waals surface area contributed by atoms with Gasteiger partial charge in [0.2, 0.25) is 0 Å². The number of ether oxygens (including phenoxy) is 1. The van der Waals surface area contributed by atoms with E-state index in [2.05, 4.69) is 4.98 Å². The fraction of sp³-hybridized carbons (Fsp3) is 0.312. The summed E-state index contributed by atoms with van der Waals surface area (Å²) in [7, 11) is 0. The van der Waals surface area contributed by atoms with Crippen LogP contribution in [0.5, 0.6) is 5.75 Å². The van der Waals surface area contributed by atoms with E-state index in [1.807, 2.05) is 43.3 Å². The van der Waals surface area contributed by atoms with Gasteiger partial charge in [0.05, 0.1) is 12.7 Å². The Kier molecular flexibility index (Phi) is 4.93. The molecule has 0 saturated heterocycles. The second-order valence-corrected chi connectivity index (χ2v) is 4.67. The Bertz CT molecular complexity index is 499. The van der Waals surface area contributed by atoms with Gasteiger partial charge in [-0.25, -0.2) is 0 Å². The van der Waals surface area contributed by atoms with Gasteiger partial charge in [-0.15, -0.1) is 0 Å². The molecule has 0 spiro atoms. The average molecular weight is 257 g/mol. The molecule has 0 aliphatic heterocycles. The number of hydrogen-bond donors (Lipinski definition) is 1. The summed E-state index contributed by atoms with van der Waals surface area (Å²) in [6, 6.07) is 11.8. The maximum Gasteiger partial charge on any atom is 0.119 e. The summed E-state index contributed by atoms with van der Waals surface area (Å²) in [4.78, 5) is 3.96. The third-order valence-corrected chi connectivity index (χ3v) is 2.93. The first-order valence-corrected chi connectivity index (χ1v) is 6.50. The zero-order valence-electron chi connectivity index (χ0n) is 11.1. The van der Waals surface area contributed by atoms with Gasteiger partial charge >= 0.3 is 0 Å². The van der Waals surface area contributed by atoms with Gasteiger partial charge in [0, 0.05) is 18.8 Å². The Balaban J connectivity index is 1.73. The van der Waals surface area contributed by atoms with Crippen molar-refractivity contribution in [1.82, 2.24) is 4.98 Å². The van der Waals surface area contributed by atoms with Crippen molar-refractivity contribution in [3.05, 3.63) is 59.9 Å². The highest BCUT2D eigenvalue weighted by molar-refractivity contribution is 5.27. The molecule has 0 fully saturated rings. The number of rotatable bonds is 6. The van der Waals surface area contributed by atoms with E-state index in [0.29, 0.717) is 19.4 Å². The van der Waals surface area contributed by atoms with E-state index in [1.54, 1.807) is 12.4 Å². The van der Waals surface area contributed by atoms with Crippen LogP contribution in [0.1, 0.15) is 17.5 Å². The highest BCUT2D eigenvalue weighted by Crippen LogP contribution is 2.13. The molecule has 1 aromatic carbocycles. The Morgan fingerprint density at radius 3 is 2.74 bits per heavy atom. The number of hydrogen-bond acceptors (Lipinski definition) is 3. The Hall–Kier alpha value is -1.87. The van der Waals surface area contributed by atoms with Crippen LogP contribution in [0.15, 0.2) is 48.8 Å². The molecule has 0 radical (unpaired) electrons. The lowest BCUT2D eigenvalue weighted by Gasteiger charge is -2.12. The number of aryl methyl sites for hydroxylation is 1. The van der Waals surface area contributed by atoms with Gasteiger partial charge in [-0.2, -0.15) is 0 Å². The second-order valence-electron chi connectivity index (χ2n) is 4.67. The van der Waals surface area contributed by atoms with Gasteiger partial charge in [-0.3, -0.25) is 4.98 Å². The molecule has 0 amide bonds.